The van der Waals surface area contributed by atoms with Gasteiger partial charge in [-0.1, -0.05) is 6.92 Å². The summed E-state index contributed by atoms with van der Waals surface area (Å²) in [5.74, 6) is 0.0529. The van der Waals surface area contributed by atoms with Crippen molar-refractivity contribution in [3.8, 4) is 0 Å². The van der Waals surface area contributed by atoms with Gasteiger partial charge in [0.1, 0.15) is 5.56 Å². The van der Waals surface area contributed by atoms with Crippen molar-refractivity contribution < 1.29 is 9.53 Å². The number of pyridine rings is 1. The van der Waals surface area contributed by atoms with Gasteiger partial charge in [0.15, 0.2) is 0 Å². The Hall–Kier alpha value is -1.58. The first kappa shape index (κ1) is 11.9. The summed E-state index contributed by atoms with van der Waals surface area (Å²) in [4.78, 5) is 23.5. The number of ether oxygens (including phenoxy) is 1. The first-order chi connectivity index (χ1) is 8.04. The predicted octanol–water partition coefficient (Wildman–Crippen LogP) is 1.30. The average molecular weight is 235 g/mol. The Labute approximate surface area is 100 Å². The van der Waals surface area contributed by atoms with E-state index in [1.54, 1.807) is 17.7 Å². The summed E-state index contributed by atoms with van der Waals surface area (Å²) in [6.07, 6.45) is 2.93. The second-order valence-corrected chi connectivity index (χ2v) is 4.73. The molecule has 1 unspecified atom stereocenters. The zero-order chi connectivity index (χ0) is 12.6. The maximum atomic E-state index is 12.0. The number of methoxy groups -OCH3 is 1. The maximum absolute atomic E-state index is 12.0. The number of carbonyl (C=O) groups excluding carboxylic acids is 1. The molecule has 1 atom stereocenters. The van der Waals surface area contributed by atoms with Crippen LogP contribution in [0.1, 0.15) is 35.0 Å². The molecular formula is C13H17NO3. The molecule has 2 rings (SSSR count). The number of esters is 1. The van der Waals surface area contributed by atoms with E-state index in [0.717, 1.165) is 30.5 Å². The monoisotopic (exact) mass is 235 g/mol. The highest BCUT2D eigenvalue weighted by Gasteiger charge is 2.22. The Bertz CT molecular complexity index is 516. The zero-order valence-corrected chi connectivity index (χ0v) is 10.4. The molecule has 4 heteroatoms. The highest BCUT2D eigenvalue weighted by Crippen LogP contribution is 2.24. The first-order valence-electron chi connectivity index (χ1n) is 5.84. The Kier molecular flexibility index (Phi) is 3.05. The number of rotatable bonds is 1. The third-order valence-corrected chi connectivity index (χ3v) is 3.48. The van der Waals surface area contributed by atoms with E-state index in [9.17, 15) is 9.59 Å². The van der Waals surface area contributed by atoms with Crippen molar-refractivity contribution in [2.45, 2.75) is 26.2 Å². The topological polar surface area (TPSA) is 48.3 Å². The van der Waals surface area contributed by atoms with Gasteiger partial charge in [-0.05, 0) is 36.8 Å². The standard InChI is InChI=1S/C13H17NO3/c1-8-4-5-11-9(6-8)7-10(13(16)17-3)12(15)14(11)2/h7-8H,4-6H2,1-3H3. The van der Waals surface area contributed by atoms with Crippen molar-refractivity contribution in [2.75, 3.05) is 7.11 Å². The molecule has 0 N–H and O–H groups in total. The van der Waals surface area contributed by atoms with Crippen molar-refractivity contribution in [3.05, 3.63) is 33.2 Å². The zero-order valence-electron chi connectivity index (χ0n) is 10.4. The van der Waals surface area contributed by atoms with Gasteiger partial charge in [-0.15, -0.1) is 0 Å². The third kappa shape index (κ3) is 1.99. The average Bonchev–Trinajstić information content (AvgIpc) is 2.32. The van der Waals surface area contributed by atoms with E-state index in [1.165, 1.54) is 7.11 Å². The van der Waals surface area contributed by atoms with Crippen LogP contribution in [0.25, 0.3) is 0 Å². The Morgan fingerprint density at radius 2 is 2.24 bits per heavy atom. The predicted molar refractivity (Wildman–Crippen MR) is 64.2 cm³/mol. The summed E-state index contributed by atoms with van der Waals surface area (Å²) in [7, 11) is 3.02. The van der Waals surface area contributed by atoms with Gasteiger partial charge in [-0.3, -0.25) is 4.79 Å². The lowest BCUT2D eigenvalue weighted by Crippen LogP contribution is -2.31. The molecule has 4 nitrogen and oxygen atoms in total. The van der Waals surface area contributed by atoms with Crippen LogP contribution in [0.15, 0.2) is 10.9 Å². The molecule has 0 radical (unpaired) electrons. The number of fused-ring (bicyclic) bond motifs is 1. The quantitative estimate of drug-likeness (QED) is 0.689. The van der Waals surface area contributed by atoms with Crippen LogP contribution in [-0.2, 0) is 24.6 Å². The number of hydrogen-bond donors (Lipinski definition) is 0. The van der Waals surface area contributed by atoms with Crippen molar-refractivity contribution in [2.24, 2.45) is 13.0 Å². The first-order valence-corrected chi connectivity index (χ1v) is 5.84. The second-order valence-electron chi connectivity index (χ2n) is 4.73. The second kappa shape index (κ2) is 4.35. The molecule has 1 aromatic heterocycles. The summed E-state index contributed by atoms with van der Waals surface area (Å²) < 4.78 is 6.23. The molecule has 0 bridgehead atoms. The molecule has 1 aromatic rings. The highest BCUT2D eigenvalue weighted by atomic mass is 16.5. The molecule has 1 aliphatic carbocycles. The Morgan fingerprint density at radius 1 is 1.53 bits per heavy atom. The van der Waals surface area contributed by atoms with Gasteiger partial charge in [-0.2, -0.15) is 0 Å². The van der Waals surface area contributed by atoms with Crippen LogP contribution in [0, 0.1) is 5.92 Å². The van der Waals surface area contributed by atoms with E-state index in [4.69, 9.17) is 0 Å². The molecule has 0 spiro atoms. The van der Waals surface area contributed by atoms with E-state index < -0.39 is 5.97 Å². The molecule has 0 aliphatic heterocycles. The fourth-order valence-corrected chi connectivity index (χ4v) is 2.46. The Morgan fingerprint density at radius 3 is 2.88 bits per heavy atom. The molecule has 0 aromatic carbocycles. The van der Waals surface area contributed by atoms with Gasteiger partial charge in [0.25, 0.3) is 5.56 Å². The summed E-state index contributed by atoms with van der Waals surface area (Å²) in [5.41, 5.74) is 2.04. The van der Waals surface area contributed by atoms with E-state index >= 15 is 0 Å². The largest absolute Gasteiger partial charge is 0.465 e. The normalized spacial score (nSPS) is 18.6. The number of nitrogens with zero attached hydrogens (tertiary/aromatic N) is 1. The summed E-state index contributed by atoms with van der Waals surface area (Å²) in [5, 5.41) is 0. The van der Waals surface area contributed by atoms with Crippen LogP contribution in [0.4, 0.5) is 0 Å². The lowest BCUT2D eigenvalue weighted by atomic mass is 9.87. The van der Waals surface area contributed by atoms with E-state index in [-0.39, 0.29) is 11.1 Å². The maximum Gasteiger partial charge on any atom is 0.343 e. The van der Waals surface area contributed by atoms with Gasteiger partial charge in [-0.25, -0.2) is 4.79 Å². The van der Waals surface area contributed by atoms with Crippen molar-refractivity contribution in [1.82, 2.24) is 4.57 Å². The summed E-state index contributed by atoms with van der Waals surface area (Å²) in [6.45, 7) is 2.19. The molecule has 1 heterocycles. The van der Waals surface area contributed by atoms with E-state index in [1.807, 2.05) is 0 Å². The lowest BCUT2D eigenvalue weighted by Gasteiger charge is -2.24. The molecular weight excluding hydrogens is 218 g/mol. The molecule has 0 saturated heterocycles. The fourth-order valence-electron chi connectivity index (χ4n) is 2.46. The molecule has 0 amide bonds. The molecule has 0 fully saturated rings. The van der Waals surface area contributed by atoms with Crippen LogP contribution < -0.4 is 5.56 Å². The molecule has 92 valence electrons. The molecule has 0 saturated carbocycles. The van der Waals surface area contributed by atoms with Crippen LogP contribution in [0.3, 0.4) is 0 Å². The fraction of sp³-hybridized carbons (Fsp3) is 0.538. The summed E-state index contributed by atoms with van der Waals surface area (Å²) in [6, 6.07) is 1.71. The van der Waals surface area contributed by atoms with Gasteiger partial charge < -0.3 is 9.30 Å². The van der Waals surface area contributed by atoms with E-state index in [2.05, 4.69) is 11.7 Å². The number of aromatic nitrogens is 1. The van der Waals surface area contributed by atoms with Gasteiger partial charge in [0.2, 0.25) is 0 Å². The smallest absolute Gasteiger partial charge is 0.343 e. The highest BCUT2D eigenvalue weighted by molar-refractivity contribution is 5.89. The summed E-state index contributed by atoms with van der Waals surface area (Å²) >= 11 is 0. The van der Waals surface area contributed by atoms with Crippen molar-refractivity contribution in [3.63, 3.8) is 0 Å². The van der Waals surface area contributed by atoms with Crippen LogP contribution in [-0.4, -0.2) is 17.6 Å². The van der Waals surface area contributed by atoms with Gasteiger partial charge >= 0.3 is 5.97 Å². The Balaban J connectivity index is 2.59. The minimum absolute atomic E-state index is 0.142. The van der Waals surface area contributed by atoms with Crippen molar-refractivity contribution >= 4 is 5.97 Å². The lowest BCUT2D eigenvalue weighted by molar-refractivity contribution is 0.0597. The van der Waals surface area contributed by atoms with Crippen LogP contribution in [0.2, 0.25) is 0 Å². The van der Waals surface area contributed by atoms with Gasteiger partial charge in [0.05, 0.1) is 7.11 Å². The number of hydrogen-bond acceptors (Lipinski definition) is 3. The van der Waals surface area contributed by atoms with Crippen molar-refractivity contribution in [1.29, 1.82) is 0 Å². The third-order valence-electron chi connectivity index (χ3n) is 3.48. The molecule has 1 aliphatic rings. The van der Waals surface area contributed by atoms with Crippen LogP contribution in [0.5, 0.6) is 0 Å². The minimum Gasteiger partial charge on any atom is -0.465 e. The SMILES string of the molecule is COC(=O)c1cc2c(n(C)c1=O)CCC(C)C2. The van der Waals surface area contributed by atoms with E-state index in [0.29, 0.717) is 5.92 Å². The minimum atomic E-state index is -0.549. The van der Waals surface area contributed by atoms with Gasteiger partial charge in [0, 0.05) is 12.7 Å². The molecule has 17 heavy (non-hydrogen) atoms. The number of carbonyl (C=O) groups is 1. The van der Waals surface area contributed by atoms with Crippen LogP contribution >= 0.6 is 0 Å².